The fourth-order valence-electron chi connectivity index (χ4n) is 3.68. The highest BCUT2D eigenvalue weighted by Crippen LogP contribution is 2.43. The van der Waals surface area contributed by atoms with Crippen LogP contribution in [0, 0.1) is 0 Å². The van der Waals surface area contributed by atoms with Crippen LogP contribution in [-0.4, -0.2) is 69.4 Å². The van der Waals surface area contributed by atoms with Crippen molar-refractivity contribution in [1.82, 2.24) is 0 Å². The molecule has 0 aromatic heterocycles. The average Bonchev–Trinajstić information content (AvgIpc) is 2.79. The third-order valence-electron chi connectivity index (χ3n) is 5.93. The first-order chi connectivity index (χ1) is 16.4. The van der Waals surface area contributed by atoms with Crippen LogP contribution in [0.1, 0.15) is 110 Å². The third kappa shape index (κ3) is 24.8. The van der Waals surface area contributed by atoms with E-state index in [9.17, 15) is 9.46 Å². The second-order valence-electron chi connectivity index (χ2n) is 9.41. The Morgan fingerprint density at radius 2 is 1.24 bits per heavy atom. The van der Waals surface area contributed by atoms with E-state index in [0.29, 0.717) is 19.8 Å². The van der Waals surface area contributed by atoms with Crippen LogP contribution >= 0.6 is 7.82 Å². The molecule has 1 unspecified atom stereocenters. The maximum atomic E-state index is 11.8. The van der Waals surface area contributed by atoms with Crippen molar-refractivity contribution in [2.75, 3.05) is 47.1 Å². The summed E-state index contributed by atoms with van der Waals surface area (Å²) in [4.78, 5) is 9.68. The van der Waals surface area contributed by atoms with E-state index in [2.05, 4.69) is 13.6 Å². The smallest absolute Gasteiger partial charge is 0.379 e. The number of unbranched alkanes of at least 4 members (excludes halogenated alkanes) is 15. The van der Waals surface area contributed by atoms with E-state index in [4.69, 9.17) is 18.5 Å². The van der Waals surface area contributed by atoms with Gasteiger partial charge in [0.15, 0.2) is 6.54 Å². The van der Waals surface area contributed by atoms with Gasteiger partial charge in [-0.2, -0.15) is 0 Å². The lowest BCUT2D eigenvalue weighted by Crippen LogP contribution is -2.24. The highest BCUT2D eigenvalue weighted by molar-refractivity contribution is 7.47. The molecular formula is C26H55NO6P+. The molecule has 0 aliphatic heterocycles. The molecule has 0 fully saturated rings. The van der Waals surface area contributed by atoms with Gasteiger partial charge in [-0.25, -0.2) is 9.14 Å². The summed E-state index contributed by atoms with van der Waals surface area (Å²) in [5, 5.41) is 0. The van der Waals surface area contributed by atoms with E-state index in [0.717, 1.165) is 6.42 Å². The zero-order chi connectivity index (χ0) is 25.3. The van der Waals surface area contributed by atoms with E-state index < -0.39 is 13.9 Å². The number of nitrogens with zero attached hydrogens (tertiary/aromatic N) is 1. The molecule has 2 atom stereocenters. The fourth-order valence-corrected chi connectivity index (χ4v) is 4.42. The molecule has 0 saturated heterocycles. The number of phosphoric ester groups is 1. The van der Waals surface area contributed by atoms with E-state index in [1.54, 1.807) is 11.6 Å². The van der Waals surface area contributed by atoms with Gasteiger partial charge in [0.1, 0.15) is 26.5 Å². The van der Waals surface area contributed by atoms with Crippen LogP contribution in [0.4, 0.5) is 0 Å². The minimum Gasteiger partial charge on any atom is -0.379 e. The molecule has 0 saturated carbocycles. The molecule has 1 N–H and O–H groups in total. The molecule has 0 aliphatic rings. The third-order valence-corrected chi connectivity index (χ3v) is 6.91. The highest BCUT2D eigenvalue weighted by Gasteiger charge is 2.23. The van der Waals surface area contributed by atoms with Crippen LogP contribution in [-0.2, 0) is 23.1 Å². The molecule has 0 bridgehead atoms. The van der Waals surface area contributed by atoms with E-state index >= 15 is 0 Å². The van der Waals surface area contributed by atoms with Gasteiger partial charge in [0.25, 0.3) is 0 Å². The van der Waals surface area contributed by atoms with Crippen molar-refractivity contribution in [2.24, 2.45) is 0 Å². The Hall–Kier alpha value is -0.300. The maximum absolute atomic E-state index is 11.8. The van der Waals surface area contributed by atoms with Crippen molar-refractivity contribution in [3.63, 3.8) is 0 Å². The monoisotopic (exact) mass is 508 g/mol. The van der Waals surface area contributed by atoms with Gasteiger partial charge in [-0.1, -0.05) is 103 Å². The lowest BCUT2D eigenvalue weighted by atomic mass is 10.0. The predicted molar refractivity (Wildman–Crippen MR) is 141 cm³/mol. The molecule has 0 radical (unpaired) electrons. The molecule has 0 heterocycles. The summed E-state index contributed by atoms with van der Waals surface area (Å²) in [6, 6.07) is 0. The number of likely N-dealkylation sites (N-methyl/N-ethyl adjacent to an activating group) is 1. The topological polar surface area (TPSA) is 77.2 Å². The van der Waals surface area contributed by atoms with Gasteiger partial charge in [-0.3, -0.25) is 9.05 Å². The van der Waals surface area contributed by atoms with Gasteiger partial charge in [0.05, 0.1) is 13.2 Å². The molecule has 0 aliphatic carbocycles. The quantitative estimate of drug-likeness (QED) is 0.0572. The summed E-state index contributed by atoms with van der Waals surface area (Å²) < 4.78 is 34.3. The van der Waals surface area contributed by atoms with Crippen LogP contribution in [0.25, 0.3) is 0 Å². The van der Waals surface area contributed by atoms with Crippen molar-refractivity contribution in [3.05, 3.63) is 0 Å². The van der Waals surface area contributed by atoms with Crippen molar-refractivity contribution < 1.29 is 32.6 Å². The molecule has 0 spiro atoms. The molecule has 0 amide bonds. The minimum absolute atomic E-state index is 0.0521. The summed E-state index contributed by atoms with van der Waals surface area (Å²) in [5.74, 6) is 0. The molecule has 204 valence electrons. The Morgan fingerprint density at radius 1 is 0.765 bits per heavy atom. The molecular weight excluding hydrogens is 453 g/mol. The van der Waals surface area contributed by atoms with Gasteiger partial charge in [0.2, 0.25) is 0 Å². The second kappa shape index (κ2) is 24.4. The number of rotatable bonds is 27. The Balaban J connectivity index is 3.44. The Morgan fingerprint density at radius 3 is 1.68 bits per heavy atom. The molecule has 0 rings (SSSR count). The van der Waals surface area contributed by atoms with Crippen LogP contribution < -0.4 is 0 Å². The van der Waals surface area contributed by atoms with Gasteiger partial charge in [0, 0.05) is 13.7 Å². The minimum atomic E-state index is -4.08. The summed E-state index contributed by atoms with van der Waals surface area (Å²) in [7, 11) is -0.795. The lowest BCUT2D eigenvalue weighted by Gasteiger charge is -2.17. The zero-order valence-electron chi connectivity index (χ0n) is 22.5. The molecule has 0 aromatic carbocycles. The second-order valence-corrected chi connectivity index (χ2v) is 10.9. The van der Waals surface area contributed by atoms with Crippen molar-refractivity contribution in [1.29, 1.82) is 0 Å². The first kappa shape index (κ1) is 33.7. The fraction of sp³-hybridized carbons (Fsp3) is 0.962. The Kier molecular flexibility index (Phi) is 24.2. The Bertz CT molecular complexity index is 506. The van der Waals surface area contributed by atoms with Crippen LogP contribution in [0.2, 0.25) is 0 Å². The molecule has 0 aromatic rings. The summed E-state index contributed by atoms with van der Waals surface area (Å²) in [6.45, 7) is 7.37. The van der Waals surface area contributed by atoms with Gasteiger partial charge < -0.3 is 14.4 Å². The average molecular weight is 509 g/mol. The largest absolute Gasteiger partial charge is 0.472 e. The van der Waals surface area contributed by atoms with Crippen LogP contribution in [0.3, 0.4) is 0 Å². The lowest BCUT2D eigenvalue weighted by molar-refractivity contribution is -0.490. The summed E-state index contributed by atoms with van der Waals surface area (Å²) in [6.07, 6.45) is 21.1. The van der Waals surface area contributed by atoms with Crippen molar-refractivity contribution in [2.45, 2.75) is 116 Å². The van der Waals surface area contributed by atoms with E-state index in [1.165, 1.54) is 103 Å². The van der Waals surface area contributed by atoms with E-state index in [-0.39, 0.29) is 13.2 Å². The normalized spacial score (nSPS) is 14.2. The maximum Gasteiger partial charge on any atom is 0.472 e. The number of hydrogen-bond acceptors (Lipinski definition) is 5. The molecule has 34 heavy (non-hydrogen) atoms. The van der Waals surface area contributed by atoms with Gasteiger partial charge in [-0.05, 0) is 6.42 Å². The first-order valence-corrected chi connectivity index (χ1v) is 15.1. The number of ether oxygens (including phenoxy) is 2. The summed E-state index contributed by atoms with van der Waals surface area (Å²) >= 11 is 0. The van der Waals surface area contributed by atoms with Gasteiger partial charge >= 0.3 is 7.82 Å². The zero-order valence-corrected chi connectivity index (χ0v) is 23.4. The predicted octanol–water partition coefficient (Wildman–Crippen LogP) is 6.76. The van der Waals surface area contributed by atoms with Crippen LogP contribution in [0.5, 0.6) is 0 Å². The Labute approximate surface area is 210 Å². The van der Waals surface area contributed by atoms with Crippen LogP contribution in [0.15, 0.2) is 0 Å². The summed E-state index contributed by atoms with van der Waals surface area (Å²) in [5.41, 5.74) is 0. The van der Waals surface area contributed by atoms with Gasteiger partial charge in [-0.15, -0.1) is 0 Å². The van der Waals surface area contributed by atoms with E-state index in [1.807, 2.05) is 0 Å². The highest BCUT2D eigenvalue weighted by atomic mass is 31.2. The number of hydrogen-bond donors (Lipinski definition) is 1. The van der Waals surface area contributed by atoms with Crippen molar-refractivity contribution >= 4 is 14.5 Å². The molecule has 7 nitrogen and oxygen atoms in total. The standard InChI is InChI=1S/C26H54NO6P/c1-5-6-7-8-9-10-11-12-13-14-15-16-17-18-19-20-22-31-24-26(30-4)25-33-34(28,29)32-23-21-27(2)3/h26H,2,5-25H2,1,3-4H3/p+1/t26-/m1/s1. The van der Waals surface area contributed by atoms with Crippen molar-refractivity contribution in [3.8, 4) is 0 Å². The SMILES string of the molecule is C=[N+](C)CCOP(=O)(O)OC[C@@H](COCCCCCCCCCCCCCCCCCC)OC. The first-order valence-electron chi connectivity index (χ1n) is 13.6. The number of phosphoric acid groups is 1. The molecule has 8 heteroatoms. The number of methoxy groups -OCH3 is 1.